The van der Waals surface area contributed by atoms with Crippen LogP contribution >= 0.6 is 0 Å². The van der Waals surface area contributed by atoms with Gasteiger partial charge in [0.05, 0.1) is 23.6 Å². The zero-order valence-electron chi connectivity index (χ0n) is 22.4. The Morgan fingerprint density at radius 1 is 1.07 bits per heavy atom. The van der Waals surface area contributed by atoms with Gasteiger partial charge < -0.3 is 10.3 Å². The van der Waals surface area contributed by atoms with Crippen LogP contribution in [0.2, 0.25) is 0 Å². The van der Waals surface area contributed by atoms with Gasteiger partial charge in [0.15, 0.2) is 0 Å². The summed E-state index contributed by atoms with van der Waals surface area (Å²) in [5, 5.41) is 9.04. The van der Waals surface area contributed by atoms with Crippen molar-refractivity contribution in [3.8, 4) is 5.69 Å². The quantitative estimate of drug-likeness (QED) is 0.224. The summed E-state index contributed by atoms with van der Waals surface area (Å²) in [6.45, 7) is 2.28. The van der Waals surface area contributed by atoms with Gasteiger partial charge in [0.25, 0.3) is 5.91 Å². The number of benzene rings is 3. The fourth-order valence-corrected chi connectivity index (χ4v) is 6.90. The number of aromatic nitrogens is 3. The fourth-order valence-electron chi connectivity index (χ4n) is 6.90. The van der Waals surface area contributed by atoms with Crippen molar-refractivity contribution in [2.45, 2.75) is 44.6 Å². The summed E-state index contributed by atoms with van der Waals surface area (Å²) in [4.78, 5) is 16.8. The highest BCUT2D eigenvalue weighted by molar-refractivity contribution is 6.06. The molecule has 5 aromatic rings. The molecular formula is C34H31FN4O. The number of carbonyl (C=O) groups is 1. The van der Waals surface area contributed by atoms with Crippen LogP contribution in [0.5, 0.6) is 0 Å². The summed E-state index contributed by atoms with van der Waals surface area (Å²) in [7, 11) is 0. The Morgan fingerprint density at radius 3 is 2.73 bits per heavy atom. The molecular weight excluding hydrogens is 499 g/mol. The third-order valence-electron chi connectivity index (χ3n) is 8.80. The summed E-state index contributed by atoms with van der Waals surface area (Å²) < 4.78 is 15.5. The van der Waals surface area contributed by atoms with Gasteiger partial charge >= 0.3 is 0 Å². The Bertz CT molecular complexity index is 1730. The molecule has 0 spiro atoms. The van der Waals surface area contributed by atoms with Crippen LogP contribution in [0.15, 0.2) is 102 Å². The van der Waals surface area contributed by atoms with Gasteiger partial charge in [-0.05, 0) is 73.2 Å². The molecule has 2 aliphatic carbocycles. The topological polar surface area (TPSA) is 62.7 Å². The second-order valence-corrected chi connectivity index (χ2v) is 11.0. The minimum Gasteiger partial charge on any atom is -0.361 e. The van der Waals surface area contributed by atoms with E-state index in [0.717, 1.165) is 47.8 Å². The van der Waals surface area contributed by atoms with Crippen molar-refractivity contribution >= 4 is 16.8 Å². The van der Waals surface area contributed by atoms with Gasteiger partial charge in [-0.2, -0.15) is 5.10 Å². The molecule has 6 heteroatoms. The number of H-pyrrole nitrogens is 1. The average molecular weight is 531 g/mol. The Morgan fingerprint density at radius 2 is 1.90 bits per heavy atom. The van der Waals surface area contributed by atoms with E-state index in [9.17, 15) is 9.18 Å². The van der Waals surface area contributed by atoms with E-state index in [1.54, 1.807) is 12.1 Å². The number of nitrogens with zero attached hydrogens (tertiary/aromatic N) is 2. The number of fused-ring (bicyclic) bond motifs is 2. The number of amides is 1. The Kier molecular flexibility index (Phi) is 6.11. The molecule has 40 heavy (non-hydrogen) atoms. The van der Waals surface area contributed by atoms with Crippen LogP contribution in [0.4, 0.5) is 4.39 Å². The van der Waals surface area contributed by atoms with Crippen LogP contribution < -0.4 is 5.32 Å². The van der Waals surface area contributed by atoms with Crippen LogP contribution in [-0.2, 0) is 6.42 Å². The number of carbonyl (C=O) groups excluding carboxylic acids is 1. The van der Waals surface area contributed by atoms with Gasteiger partial charge in [-0.25, -0.2) is 9.07 Å². The SMILES string of the molecule is C[C@@H]1C2=C(CC[C@@H]2CC(NC(=O)c2cccc3[nH]ccc23)c2ccccc2)Cc2c1cnn2-c1ccc(F)cc1. The highest BCUT2D eigenvalue weighted by Crippen LogP contribution is 2.49. The molecule has 0 saturated carbocycles. The van der Waals surface area contributed by atoms with E-state index in [4.69, 9.17) is 5.10 Å². The first-order valence-electron chi connectivity index (χ1n) is 14.0. The number of aromatic amines is 1. The molecule has 0 radical (unpaired) electrons. The number of hydrogen-bond donors (Lipinski definition) is 2. The van der Waals surface area contributed by atoms with Crippen molar-refractivity contribution in [1.29, 1.82) is 0 Å². The molecule has 0 aliphatic heterocycles. The zero-order valence-corrected chi connectivity index (χ0v) is 22.4. The largest absolute Gasteiger partial charge is 0.361 e. The maximum atomic E-state index is 13.6. The molecule has 0 bridgehead atoms. The molecule has 200 valence electrons. The fraction of sp³-hybridized carbons (Fsp3) is 0.235. The molecule has 2 aromatic heterocycles. The predicted molar refractivity (Wildman–Crippen MR) is 155 cm³/mol. The summed E-state index contributed by atoms with van der Waals surface area (Å²) >= 11 is 0. The van der Waals surface area contributed by atoms with Gasteiger partial charge in [0.1, 0.15) is 5.82 Å². The predicted octanol–water partition coefficient (Wildman–Crippen LogP) is 7.42. The van der Waals surface area contributed by atoms with Gasteiger partial charge in [-0.15, -0.1) is 0 Å². The van der Waals surface area contributed by atoms with Crippen LogP contribution in [0.25, 0.3) is 16.6 Å². The van der Waals surface area contributed by atoms with Gasteiger partial charge in [0, 0.05) is 40.6 Å². The molecule has 3 atom stereocenters. The molecule has 7 rings (SSSR count). The number of hydrogen-bond acceptors (Lipinski definition) is 2. The molecule has 0 fully saturated rings. The van der Waals surface area contributed by atoms with Crippen LogP contribution in [-0.4, -0.2) is 20.7 Å². The molecule has 3 aromatic carbocycles. The zero-order chi connectivity index (χ0) is 27.2. The van der Waals surface area contributed by atoms with Crippen molar-refractivity contribution in [3.05, 3.63) is 131 Å². The number of rotatable bonds is 6. The lowest BCUT2D eigenvalue weighted by molar-refractivity contribution is 0.0933. The highest BCUT2D eigenvalue weighted by Gasteiger charge is 2.37. The average Bonchev–Trinajstić information content (AvgIpc) is 3.72. The number of nitrogens with one attached hydrogen (secondary N) is 2. The van der Waals surface area contributed by atoms with Crippen LogP contribution in [0.3, 0.4) is 0 Å². The van der Waals surface area contributed by atoms with E-state index in [-0.39, 0.29) is 23.7 Å². The third-order valence-corrected chi connectivity index (χ3v) is 8.80. The maximum Gasteiger partial charge on any atom is 0.252 e. The lowest BCUT2D eigenvalue weighted by Crippen LogP contribution is -2.30. The monoisotopic (exact) mass is 530 g/mol. The standard InChI is InChI=1S/C34H31FN4O/c1-21-29-20-37-39(26-14-12-25(35)13-15-26)32(29)19-24-11-10-23(33(21)24)18-31(22-6-3-2-4-7-22)38-34(40)28-8-5-9-30-27(28)16-17-36-30/h2-9,12-17,20-21,23,31,36H,10-11,18-19H2,1H3,(H,38,40)/t21-,23+,31?/m0/s1. The second-order valence-electron chi connectivity index (χ2n) is 11.0. The van der Waals surface area contributed by atoms with Crippen molar-refractivity contribution in [2.75, 3.05) is 0 Å². The van der Waals surface area contributed by atoms with Gasteiger partial charge in [0.2, 0.25) is 0 Å². The van der Waals surface area contributed by atoms with Crippen molar-refractivity contribution in [3.63, 3.8) is 0 Å². The Labute approximate surface area is 232 Å². The van der Waals surface area contributed by atoms with Crippen molar-refractivity contribution in [2.24, 2.45) is 5.92 Å². The summed E-state index contributed by atoms with van der Waals surface area (Å²) in [5.41, 5.74) is 9.10. The first kappa shape index (κ1) is 24.6. The highest BCUT2D eigenvalue weighted by atomic mass is 19.1. The van der Waals surface area contributed by atoms with Crippen LogP contribution in [0, 0.1) is 11.7 Å². The normalized spacial score (nSPS) is 18.9. The molecule has 5 nitrogen and oxygen atoms in total. The minimum atomic E-state index is -0.244. The molecule has 1 amide bonds. The van der Waals surface area contributed by atoms with E-state index in [2.05, 4.69) is 29.4 Å². The summed E-state index contributed by atoms with van der Waals surface area (Å²) in [5.74, 6) is 0.333. The minimum absolute atomic E-state index is 0.0502. The Hall–Kier alpha value is -4.45. The van der Waals surface area contributed by atoms with E-state index in [1.807, 2.05) is 59.5 Å². The lowest BCUT2D eigenvalue weighted by atomic mass is 9.77. The first-order chi connectivity index (χ1) is 19.6. The van der Waals surface area contributed by atoms with Crippen molar-refractivity contribution < 1.29 is 9.18 Å². The molecule has 2 N–H and O–H groups in total. The molecule has 1 unspecified atom stereocenters. The Balaban J connectivity index is 1.17. The van der Waals surface area contributed by atoms with E-state index < -0.39 is 0 Å². The summed E-state index contributed by atoms with van der Waals surface area (Å²) in [6.07, 6.45) is 7.70. The lowest BCUT2D eigenvalue weighted by Gasteiger charge is -2.30. The maximum absolute atomic E-state index is 13.6. The molecule has 0 saturated heterocycles. The van der Waals surface area contributed by atoms with E-state index in [1.165, 1.54) is 34.5 Å². The van der Waals surface area contributed by atoms with Crippen molar-refractivity contribution in [1.82, 2.24) is 20.1 Å². The second kappa shape index (κ2) is 9.94. The van der Waals surface area contributed by atoms with Crippen LogP contribution in [0.1, 0.15) is 65.3 Å². The number of allylic oxidation sites excluding steroid dienone is 2. The molecule has 2 aliphatic rings. The van der Waals surface area contributed by atoms with Gasteiger partial charge in [-0.3, -0.25) is 4.79 Å². The third kappa shape index (κ3) is 4.24. The van der Waals surface area contributed by atoms with Gasteiger partial charge in [-0.1, -0.05) is 54.5 Å². The van der Waals surface area contributed by atoms with E-state index in [0.29, 0.717) is 11.5 Å². The first-order valence-corrected chi connectivity index (χ1v) is 14.0. The smallest absolute Gasteiger partial charge is 0.252 e. The number of halogens is 1. The summed E-state index contributed by atoms with van der Waals surface area (Å²) in [6, 6.07) is 24.5. The van der Waals surface area contributed by atoms with E-state index >= 15 is 0 Å². The molecule has 2 heterocycles.